The second-order valence-corrected chi connectivity index (χ2v) is 4.11. The van der Waals surface area contributed by atoms with Crippen molar-refractivity contribution in [3.8, 4) is 0 Å². The normalized spacial score (nSPS) is 11.9. The van der Waals surface area contributed by atoms with Crippen molar-refractivity contribution in [1.29, 1.82) is 0 Å². The summed E-state index contributed by atoms with van der Waals surface area (Å²) in [5.41, 5.74) is -0.342. The molecule has 0 rings (SSSR count). The van der Waals surface area contributed by atoms with Crippen LogP contribution in [0.15, 0.2) is 0 Å². The van der Waals surface area contributed by atoms with E-state index in [2.05, 4.69) is 0 Å². The van der Waals surface area contributed by atoms with E-state index in [-0.39, 0.29) is 18.1 Å². The van der Waals surface area contributed by atoms with Crippen molar-refractivity contribution in [2.45, 2.75) is 19.4 Å². The fourth-order valence-electron chi connectivity index (χ4n) is 0.679. The van der Waals surface area contributed by atoms with Crippen LogP contribution in [-0.2, 0) is 4.79 Å². The fourth-order valence-corrected chi connectivity index (χ4v) is 0.679. The van der Waals surface area contributed by atoms with Gasteiger partial charge in [-0.1, -0.05) is 0 Å². The topological polar surface area (TPSA) is 43.8 Å². The molecule has 4 nitrogen and oxygen atoms in total. The number of amides is 1. The summed E-state index contributed by atoms with van der Waals surface area (Å²) in [6.45, 7) is 4.18. The SMILES string of the molecule is CN(C)C(=O)CN(C)C(C)(C)CO. The first kappa shape index (κ1) is 12.4. The summed E-state index contributed by atoms with van der Waals surface area (Å²) in [6.07, 6.45) is 0. The van der Waals surface area contributed by atoms with Gasteiger partial charge in [0.2, 0.25) is 5.91 Å². The second kappa shape index (κ2) is 4.58. The molecule has 78 valence electrons. The van der Waals surface area contributed by atoms with Gasteiger partial charge < -0.3 is 10.0 Å². The molecule has 0 saturated carbocycles. The van der Waals surface area contributed by atoms with Crippen molar-refractivity contribution in [2.75, 3.05) is 34.3 Å². The molecular formula is C9H20N2O2. The highest BCUT2D eigenvalue weighted by Crippen LogP contribution is 2.10. The lowest BCUT2D eigenvalue weighted by atomic mass is 10.1. The zero-order valence-corrected chi connectivity index (χ0v) is 9.16. The van der Waals surface area contributed by atoms with Crippen LogP contribution >= 0.6 is 0 Å². The average Bonchev–Trinajstić information content (AvgIpc) is 2.04. The molecule has 4 heteroatoms. The molecule has 0 saturated heterocycles. The Morgan fingerprint density at radius 3 is 2.08 bits per heavy atom. The van der Waals surface area contributed by atoms with E-state index in [0.29, 0.717) is 6.54 Å². The number of carbonyl (C=O) groups is 1. The van der Waals surface area contributed by atoms with Gasteiger partial charge in [0.05, 0.1) is 13.2 Å². The van der Waals surface area contributed by atoms with E-state index < -0.39 is 0 Å². The third-order valence-electron chi connectivity index (χ3n) is 2.29. The Hall–Kier alpha value is -0.610. The van der Waals surface area contributed by atoms with Crippen molar-refractivity contribution in [2.24, 2.45) is 0 Å². The predicted octanol–water partition coefficient (Wildman–Crippen LogP) is -0.223. The van der Waals surface area contributed by atoms with Crippen LogP contribution in [0.3, 0.4) is 0 Å². The highest BCUT2D eigenvalue weighted by molar-refractivity contribution is 5.77. The highest BCUT2D eigenvalue weighted by atomic mass is 16.3. The highest BCUT2D eigenvalue weighted by Gasteiger charge is 2.24. The second-order valence-electron chi connectivity index (χ2n) is 4.11. The van der Waals surface area contributed by atoms with Crippen LogP contribution in [0.1, 0.15) is 13.8 Å². The number of hydrogen-bond acceptors (Lipinski definition) is 3. The number of carbonyl (C=O) groups excluding carboxylic acids is 1. The smallest absolute Gasteiger partial charge is 0.236 e. The van der Waals surface area contributed by atoms with Crippen LogP contribution in [0.25, 0.3) is 0 Å². The van der Waals surface area contributed by atoms with Crippen molar-refractivity contribution in [3.63, 3.8) is 0 Å². The summed E-state index contributed by atoms with van der Waals surface area (Å²) < 4.78 is 0. The van der Waals surface area contributed by atoms with Crippen molar-refractivity contribution in [3.05, 3.63) is 0 Å². The maximum Gasteiger partial charge on any atom is 0.236 e. The number of nitrogens with zero attached hydrogens (tertiary/aromatic N) is 2. The molecule has 0 aromatic carbocycles. The van der Waals surface area contributed by atoms with E-state index >= 15 is 0 Å². The molecule has 13 heavy (non-hydrogen) atoms. The molecule has 0 aliphatic carbocycles. The average molecular weight is 188 g/mol. The van der Waals surface area contributed by atoms with E-state index in [9.17, 15) is 4.79 Å². The summed E-state index contributed by atoms with van der Waals surface area (Å²) in [7, 11) is 5.28. The largest absolute Gasteiger partial charge is 0.394 e. The minimum Gasteiger partial charge on any atom is -0.394 e. The van der Waals surface area contributed by atoms with Gasteiger partial charge in [-0.05, 0) is 20.9 Å². The van der Waals surface area contributed by atoms with E-state index in [4.69, 9.17) is 5.11 Å². The number of rotatable bonds is 4. The minimum absolute atomic E-state index is 0.0454. The van der Waals surface area contributed by atoms with Gasteiger partial charge in [0.25, 0.3) is 0 Å². The molecule has 1 N–H and O–H groups in total. The zero-order chi connectivity index (χ0) is 10.6. The van der Waals surface area contributed by atoms with Gasteiger partial charge in [-0.25, -0.2) is 0 Å². The first-order chi connectivity index (χ1) is 5.81. The van der Waals surface area contributed by atoms with E-state index in [1.54, 1.807) is 19.0 Å². The molecule has 0 radical (unpaired) electrons. The van der Waals surface area contributed by atoms with E-state index in [1.165, 1.54) is 0 Å². The van der Waals surface area contributed by atoms with Crippen LogP contribution in [0, 0.1) is 0 Å². The Bertz CT molecular complexity index is 178. The predicted molar refractivity (Wildman–Crippen MR) is 52.5 cm³/mol. The lowest BCUT2D eigenvalue weighted by Crippen LogP contribution is -2.48. The Kier molecular flexibility index (Phi) is 4.36. The van der Waals surface area contributed by atoms with Gasteiger partial charge in [0.1, 0.15) is 0 Å². The molecule has 0 atom stereocenters. The molecule has 0 unspecified atom stereocenters. The molecule has 0 aromatic rings. The number of likely N-dealkylation sites (N-methyl/N-ethyl adjacent to an activating group) is 2. The van der Waals surface area contributed by atoms with Gasteiger partial charge in [0, 0.05) is 19.6 Å². The van der Waals surface area contributed by atoms with Gasteiger partial charge in [0.15, 0.2) is 0 Å². The molecular weight excluding hydrogens is 168 g/mol. The van der Waals surface area contributed by atoms with Crippen molar-refractivity contribution in [1.82, 2.24) is 9.80 Å². The van der Waals surface area contributed by atoms with Crippen molar-refractivity contribution >= 4 is 5.91 Å². The minimum atomic E-state index is -0.342. The van der Waals surface area contributed by atoms with Crippen LogP contribution < -0.4 is 0 Å². The lowest BCUT2D eigenvalue weighted by molar-refractivity contribution is -0.131. The molecule has 0 spiro atoms. The number of aliphatic hydroxyl groups excluding tert-OH is 1. The molecule has 0 bridgehead atoms. The van der Waals surface area contributed by atoms with E-state index in [0.717, 1.165) is 0 Å². The summed E-state index contributed by atoms with van der Waals surface area (Å²) in [5, 5.41) is 9.05. The standard InChI is InChI=1S/C9H20N2O2/c1-9(2,7-12)11(5)6-8(13)10(3)4/h12H,6-7H2,1-5H3. The first-order valence-corrected chi connectivity index (χ1v) is 4.33. The van der Waals surface area contributed by atoms with Crippen molar-refractivity contribution < 1.29 is 9.90 Å². The fraction of sp³-hybridized carbons (Fsp3) is 0.889. The van der Waals surface area contributed by atoms with Crippen LogP contribution in [-0.4, -0.2) is 60.6 Å². The Morgan fingerprint density at radius 1 is 1.31 bits per heavy atom. The van der Waals surface area contributed by atoms with Gasteiger partial charge >= 0.3 is 0 Å². The molecule has 0 heterocycles. The molecule has 0 aromatic heterocycles. The molecule has 0 aliphatic rings. The molecule has 1 amide bonds. The summed E-state index contributed by atoms with van der Waals surface area (Å²) in [5.74, 6) is 0.0454. The Morgan fingerprint density at radius 2 is 1.77 bits per heavy atom. The maximum atomic E-state index is 11.3. The number of hydrogen-bond donors (Lipinski definition) is 1. The zero-order valence-electron chi connectivity index (χ0n) is 9.16. The van der Waals surface area contributed by atoms with E-state index in [1.807, 2.05) is 25.8 Å². The van der Waals surface area contributed by atoms with Gasteiger partial charge in [-0.3, -0.25) is 9.69 Å². The summed E-state index contributed by atoms with van der Waals surface area (Å²) in [6, 6.07) is 0. The molecule has 0 fully saturated rings. The quantitative estimate of drug-likeness (QED) is 0.663. The molecule has 0 aliphatic heterocycles. The van der Waals surface area contributed by atoms with Gasteiger partial charge in [-0.15, -0.1) is 0 Å². The Balaban J connectivity index is 4.15. The monoisotopic (exact) mass is 188 g/mol. The van der Waals surface area contributed by atoms with Gasteiger partial charge in [-0.2, -0.15) is 0 Å². The lowest BCUT2D eigenvalue weighted by Gasteiger charge is -2.33. The van der Waals surface area contributed by atoms with Crippen LogP contribution in [0.5, 0.6) is 0 Å². The maximum absolute atomic E-state index is 11.3. The number of aliphatic hydroxyl groups is 1. The Labute approximate surface area is 80.1 Å². The third-order valence-corrected chi connectivity index (χ3v) is 2.29. The first-order valence-electron chi connectivity index (χ1n) is 4.33. The summed E-state index contributed by atoms with van der Waals surface area (Å²) in [4.78, 5) is 14.7. The summed E-state index contributed by atoms with van der Waals surface area (Å²) >= 11 is 0. The van der Waals surface area contributed by atoms with Crippen LogP contribution in [0.2, 0.25) is 0 Å². The van der Waals surface area contributed by atoms with Crippen LogP contribution in [0.4, 0.5) is 0 Å². The third kappa shape index (κ3) is 3.74.